The zero-order chi connectivity index (χ0) is 16.2. The SMILES string of the molecule is CCc1cnc(CN(C)C(=O)NC[C@@H]2CN3CCC[C@@H]3CO2)s1. The van der Waals surface area contributed by atoms with Crippen molar-refractivity contribution in [3.63, 3.8) is 0 Å². The molecule has 7 heteroatoms. The quantitative estimate of drug-likeness (QED) is 0.888. The van der Waals surface area contributed by atoms with Gasteiger partial charge in [0, 0.05) is 37.3 Å². The van der Waals surface area contributed by atoms with Crippen molar-refractivity contribution in [3.8, 4) is 0 Å². The van der Waals surface area contributed by atoms with Crippen molar-refractivity contribution >= 4 is 17.4 Å². The van der Waals surface area contributed by atoms with E-state index in [1.807, 2.05) is 6.20 Å². The molecule has 0 unspecified atom stereocenters. The molecule has 2 saturated heterocycles. The van der Waals surface area contributed by atoms with Gasteiger partial charge < -0.3 is 15.0 Å². The Morgan fingerprint density at radius 2 is 2.48 bits per heavy atom. The summed E-state index contributed by atoms with van der Waals surface area (Å²) >= 11 is 1.67. The number of thiazole rings is 1. The predicted octanol–water partition coefficient (Wildman–Crippen LogP) is 1.71. The molecule has 0 bridgehead atoms. The highest BCUT2D eigenvalue weighted by atomic mass is 32.1. The molecule has 0 aromatic carbocycles. The van der Waals surface area contributed by atoms with Crippen molar-refractivity contribution in [1.82, 2.24) is 20.1 Å². The van der Waals surface area contributed by atoms with E-state index in [9.17, 15) is 4.79 Å². The van der Waals surface area contributed by atoms with Crippen LogP contribution < -0.4 is 5.32 Å². The third-order valence-corrected chi connectivity index (χ3v) is 5.74. The number of carbonyl (C=O) groups is 1. The van der Waals surface area contributed by atoms with Crippen LogP contribution in [0.3, 0.4) is 0 Å². The highest BCUT2D eigenvalue weighted by Crippen LogP contribution is 2.22. The molecular formula is C16H26N4O2S. The van der Waals surface area contributed by atoms with Gasteiger partial charge in [-0.15, -0.1) is 11.3 Å². The van der Waals surface area contributed by atoms with Crippen LogP contribution in [-0.4, -0.2) is 66.2 Å². The van der Waals surface area contributed by atoms with E-state index < -0.39 is 0 Å². The van der Waals surface area contributed by atoms with E-state index in [0.29, 0.717) is 19.1 Å². The molecule has 2 aliphatic heterocycles. The molecule has 6 nitrogen and oxygen atoms in total. The lowest BCUT2D eigenvalue weighted by atomic mass is 10.2. The summed E-state index contributed by atoms with van der Waals surface area (Å²) in [5, 5.41) is 3.97. The Bertz CT molecular complexity index is 536. The number of hydrogen-bond acceptors (Lipinski definition) is 5. The summed E-state index contributed by atoms with van der Waals surface area (Å²) in [5.74, 6) is 0. The third kappa shape index (κ3) is 4.22. The van der Waals surface area contributed by atoms with Crippen LogP contribution in [0.1, 0.15) is 29.7 Å². The Morgan fingerprint density at radius 3 is 3.26 bits per heavy atom. The van der Waals surface area contributed by atoms with Crippen LogP contribution in [0.25, 0.3) is 0 Å². The molecule has 0 radical (unpaired) electrons. The molecule has 2 amide bonds. The molecule has 128 valence electrons. The summed E-state index contributed by atoms with van der Waals surface area (Å²) in [6.45, 7) is 6.14. The topological polar surface area (TPSA) is 57.7 Å². The largest absolute Gasteiger partial charge is 0.373 e. The number of carbonyl (C=O) groups excluding carboxylic acids is 1. The van der Waals surface area contributed by atoms with Gasteiger partial charge in [-0.05, 0) is 25.8 Å². The summed E-state index contributed by atoms with van der Waals surface area (Å²) < 4.78 is 5.87. The van der Waals surface area contributed by atoms with Crippen molar-refractivity contribution in [2.75, 3.05) is 33.3 Å². The number of aryl methyl sites for hydroxylation is 1. The Kier molecular flexibility index (Phi) is 5.50. The predicted molar refractivity (Wildman–Crippen MR) is 90.7 cm³/mol. The van der Waals surface area contributed by atoms with Gasteiger partial charge in [0.05, 0.1) is 19.3 Å². The average Bonchev–Trinajstić information content (AvgIpc) is 3.20. The van der Waals surface area contributed by atoms with Gasteiger partial charge in [0.1, 0.15) is 5.01 Å². The van der Waals surface area contributed by atoms with Crippen LogP contribution in [0.4, 0.5) is 4.79 Å². The number of morpholine rings is 1. The fourth-order valence-electron chi connectivity index (χ4n) is 3.20. The molecule has 3 heterocycles. The number of nitrogens with zero attached hydrogens (tertiary/aromatic N) is 3. The van der Waals surface area contributed by atoms with E-state index in [0.717, 1.165) is 24.6 Å². The van der Waals surface area contributed by atoms with Gasteiger partial charge in [0.2, 0.25) is 0 Å². The maximum atomic E-state index is 12.2. The lowest BCUT2D eigenvalue weighted by Gasteiger charge is -2.35. The number of aromatic nitrogens is 1. The molecule has 0 spiro atoms. The lowest BCUT2D eigenvalue weighted by molar-refractivity contribution is -0.0460. The molecule has 3 rings (SSSR count). The number of hydrogen-bond donors (Lipinski definition) is 1. The van der Waals surface area contributed by atoms with Gasteiger partial charge >= 0.3 is 6.03 Å². The number of amides is 2. The molecule has 1 aromatic heterocycles. The lowest BCUT2D eigenvalue weighted by Crippen LogP contribution is -2.51. The second-order valence-corrected chi connectivity index (χ2v) is 7.56. The van der Waals surface area contributed by atoms with Crippen molar-refractivity contribution < 1.29 is 9.53 Å². The summed E-state index contributed by atoms with van der Waals surface area (Å²) in [5.41, 5.74) is 0. The zero-order valence-electron chi connectivity index (χ0n) is 14.0. The van der Waals surface area contributed by atoms with Crippen LogP contribution in [0.2, 0.25) is 0 Å². The number of ether oxygens (including phenoxy) is 1. The molecule has 23 heavy (non-hydrogen) atoms. The smallest absolute Gasteiger partial charge is 0.317 e. The van der Waals surface area contributed by atoms with Gasteiger partial charge in [-0.2, -0.15) is 0 Å². The van der Waals surface area contributed by atoms with Crippen LogP contribution in [0, 0.1) is 0 Å². The van der Waals surface area contributed by atoms with Crippen LogP contribution in [0.5, 0.6) is 0 Å². The van der Waals surface area contributed by atoms with Crippen LogP contribution in [0.15, 0.2) is 6.20 Å². The minimum atomic E-state index is -0.0645. The second-order valence-electron chi connectivity index (χ2n) is 6.36. The molecule has 2 aliphatic rings. The average molecular weight is 338 g/mol. The standard InChI is InChI=1S/C16H26N4O2S/c1-3-14-8-17-15(23-14)10-19(2)16(21)18-7-13-9-20-6-4-5-12(20)11-22-13/h8,12-13H,3-7,9-11H2,1-2H3,(H,18,21)/t12-,13-/m1/s1. The first-order valence-corrected chi connectivity index (χ1v) is 9.25. The van der Waals surface area contributed by atoms with Gasteiger partial charge in [0.15, 0.2) is 0 Å². The van der Waals surface area contributed by atoms with Crippen molar-refractivity contribution in [2.24, 2.45) is 0 Å². The van der Waals surface area contributed by atoms with E-state index in [4.69, 9.17) is 4.74 Å². The van der Waals surface area contributed by atoms with Gasteiger partial charge in [-0.1, -0.05) is 6.92 Å². The first-order chi connectivity index (χ1) is 11.2. The summed E-state index contributed by atoms with van der Waals surface area (Å²) in [4.78, 5) is 22.0. The fourth-order valence-corrected chi connectivity index (χ4v) is 4.12. The summed E-state index contributed by atoms with van der Waals surface area (Å²) in [6.07, 6.45) is 5.50. The number of rotatable bonds is 5. The maximum absolute atomic E-state index is 12.2. The molecule has 0 saturated carbocycles. The summed E-state index contributed by atoms with van der Waals surface area (Å²) in [6, 6.07) is 0.535. The van der Waals surface area contributed by atoms with Gasteiger partial charge in [-0.25, -0.2) is 9.78 Å². The Morgan fingerprint density at radius 1 is 1.61 bits per heavy atom. The van der Waals surface area contributed by atoms with E-state index in [2.05, 4.69) is 22.1 Å². The first kappa shape index (κ1) is 16.7. The minimum absolute atomic E-state index is 0.0645. The summed E-state index contributed by atoms with van der Waals surface area (Å²) in [7, 11) is 1.81. The van der Waals surface area contributed by atoms with E-state index in [1.54, 1.807) is 23.3 Å². The molecular weight excluding hydrogens is 312 g/mol. The van der Waals surface area contributed by atoms with E-state index >= 15 is 0 Å². The van der Waals surface area contributed by atoms with Gasteiger partial charge in [-0.3, -0.25) is 4.90 Å². The molecule has 1 N–H and O–H groups in total. The van der Waals surface area contributed by atoms with Crippen molar-refractivity contribution in [1.29, 1.82) is 0 Å². The zero-order valence-corrected chi connectivity index (χ0v) is 14.8. The van der Waals surface area contributed by atoms with E-state index in [-0.39, 0.29) is 12.1 Å². The Balaban J connectivity index is 1.41. The van der Waals surface area contributed by atoms with E-state index in [1.165, 1.54) is 24.3 Å². The number of urea groups is 1. The normalized spacial score (nSPS) is 24.4. The molecule has 2 fully saturated rings. The van der Waals surface area contributed by atoms with Gasteiger partial charge in [0.25, 0.3) is 0 Å². The van der Waals surface area contributed by atoms with Crippen LogP contribution >= 0.6 is 11.3 Å². The van der Waals surface area contributed by atoms with Crippen LogP contribution in [-0.2, 0) is 17.7 Å². The second kappa shape index (κ2) is 7.59. The first-order valence-electron chi connectivity index (χ1n) is 8.44. The molecule has 1 aromatic rings. The Labute approximate surface area is 141 Å². The highest BCUT2D eigenvalue weighted by Gasteiger charge is 2.32. The van der Waals surface area contributed by atoms with Crippen molar-refractivity contribution in [3.05, 3.63) is 16.1 Å². The van der Waals surface area contributed by atoms with Crippen molar-refractivity contribution in [2.45, 2.75) is 44.9 Å². The molecule has 2 atom stereocenters. The maximum Gasteiger partial charge on any atom is 0.317 e. The minimum Gasteiger partial charge on any atom is -0.373 e. The number of nitrogens with one attached hydrogen (secondary N) is 1. The molecule has 0 aliphatic carbocycles. The highest BCUT2D eigenvalue weighted by molar-refractivity contribution is 7.11. The third-order valence-electron chi connectivity index (χ3n) is 4.61. The Hall–Kier alpha value is -1.18. The fraction of sp³-hybridized carbons (Fsp3) is 0.750. The number of fused-ring (bicyclic) bond motifs is 1. The monoisotopic (exact) mass is 338 g/mol.